The fraction of sp³-hybridized carbons (Fsp3) is 0.250. The van der Waals surface area contributed by atoms with E-state index in [4.69, 9.17) is 0 Å². The summed E-state index contributed by atoms with van der Waals surface area (Å²) in [4.78, 5) is 20.7. The van der Waals surface area contributed by atoms with Gasteiger partial charge in [0, 0.05) is 35.7 Å². The summed E-state index contributed by atoms with van der Waals surface area (Å²) in [6.45, 7) is 2.00. The van der Waals surface area contributed by atoms with E-state index in [1.807, 2.05) is 31.3 Å². The molecule has 0 saturated carbocycles. The van der Waals surface area contributed by atoms with Crippen LogP contribution < -0.4 is 5.32 Å². The molecule has 0 aliphatic carbocycles. The molecule has 6 nitrogen and oxygen atoms in total. The number of nitrogens with zero attached hydrogens (tertiary/aromatic N) is 4. The normalized spacial score (nSPS) is 10.7. The summed E-state index contributed by atoms with van der Waals surface area (Å²) in [5, 5.41) is 10.1. The van der Waals surface area contributed by atoms with Gasteiger partial charge in [0.15, 0.2) is 5.82 Å². The molecule has 0 spiro atoms. The van der Waals surface area contributed by atoms with E-state index in [-0.39, 0.29) is 5.91 Å². The van der Waals surface area contributed by atoms with Crippen LogP contribution in [-0.4, -0.2) is 31.4 Å². The Morgan fingerprint density at radius 2 is 2.33 bits per heavy atom. The highest BCUT2D eigenvalue weighted by Gasteiger charge is 2.05. The van der Waals surface area contributed by atoms with Crippen LogP contribution in [0.5, 0.6) is 0 Å². The van der Waals surface area contributed by atoms with Gasteiger partial charge in [0.25, 0.3) is 0 Å². The second-order valence-corrected chi connectivity index (χ2v) is 7.23. The van der Waals surface area contributed by atoms with E-state index in [1.165, 1.54) is 0 Å². The van der Waals surface area contributed by atoms with Crippen molar-refractivity contribution in [3.63, 3.8) is 0 Å². The van der Waals surface area contributed by atoms with Crippen molar-refractivity contribution in [1.29, 1.82) is 0 Å². The molecule has 0 aliphatic rings. The third-order valence-corrected chi connectivity index (χ3v) is 4.98. The number of carbonyl (C=O) groups excluding carboxylic acids is 1. The Kier molecular flexibility index (Phi) is 5.60. The molecule has 1 N–H and O–H groups in total. The Bertz CT molecular complexity index is 783. The van der Waals surface area contributed by atoms with Crippen LogP contribution in [0.3, 0.4) is 0 Å². The van der Waals surface area contributed by atoms with Crippen LogP contribution in [0.15, 0.2) is 42.2 Å². The lowest BCUT2D eigenvalue weighted by molar-refractivity contribution is -0.115. The fourth-order valence-electron chi connectivity index (χ4n) is 2.04. The van der Waals surface area contributed by atoms with Crippen molar-refractivity contribution < 1.29 is 4.79 Å². The summed E-state index contributed by atoms with van der Waals surface area (Å²) in [5.41, 5.74) is 1.78. The predicted molar refractivity (Wildman–Crippen MR) is 97.6 cm³/mol. The maximum atomic E-state index is 12.0. The Morgan fingerprint density at radius 1 is 1.42 bits per heavy atom. The third-order valence-electron chi connectivity index (χ3n) is 3.16. The Hall–Kier alpha value is -2.19. The lowest BCUT2D eigenvalue weighted by atomic mass is 10.3. The van der Waals surface area contributed by atoms with Crippen LogP contribution in [0.1, 0.15) is 17.1 Å². The summed E-state index contributed by atoms with van der Waals surface area (Å²) < 4.78 is 1.67. The van der Waals surface area contributed by atoms with Crippen LogP contribution in [0.25, 0.3) is 5.82 Å². The molecule has 0 bridgehead atoms. The molecule has 0 saturated heterocycles. The van der Waals surface area contributed by atoms with Crippen molar-refractivity contribution in [3.05, 3.63) is 52.9 Å². The summed E-state index contributed by atoms with van der Waals surface area (Å²) >= 11 is 3.37. The quantitative estimate of drug-likeness (QED) is 0.655. The number of pyridine rings is 1. The highest BCUT2D eigenvalue weighted by molar-refractivity contribution is 7.98. The highest BCUT2D eigenvalue weighted by Crippen LogP contribution is 2.16. The van der Waals surface area contributed by atoms with E-state index in [2.05, 4.69) is 25.8 Å². The van der Waals surface area contributed by atoms with Crippen molar-refractivity contribution >= 4 is 34.7 Å². The minimum Gasteiger partial charge on any atom is -0.325 e. The van der Waals surface area contributed by atoms with Crippen molar-refractivity contribution in [3.8, 4) is 5.82 Å². The standard InChI is InChI=1S/C16H17N5OS2/c1-12-19-14(11-24-12)10-23-8-5-16(22)20-13-3-4-15(17-9-13)21-7-2-6-18-21/h2-4,6-7,9,11H,5,8,10H2,1H3,(H,20,22). The van der Waals surface area contributed by atoms with E-state index in [0.717, 1.165) is 22.2 Å². The smallest absolute Gasteiger partial charge is 0.225 e. The number of thiazole rings is 1. The van der Waals surface area contributed by atoms with Gasteiger partial charge in [-0.05, 0) is 25.1 Å². The topological polar surface area (TPSA) is 72.7 Å². The van der Waals surface area contributed by atoms with Crippen molar-refractivity contribution in [1.82, 2.24) is 19.7 Å². The number of anilines is 1. The third kappa shape index (κ3) is 4.65. The molecule has 0 aliphatic heterocycles. The fourth-order valence-corrected chi connectivity index (χ4v) is 3.59. The minimum atomic E-state index is -0.00871. The summed E-state index contributed by atoms with van der Waals surface area (Å²) in [7, 11) is 0. The number of amides is 1. The van der Waals surface area contributed by atoms with Crippen molar-refractivity contribution in [2.75, 3.05) is 11.1 Å². The zero-order valence-electron chi connectivity index (χ0n) is 13.2. The molecular formula is C16H17N5OS2. The Morgan fingerprint density at radius 3 is 3.00 bits per heavy atom. The Labute approximate surface area is 148 Å². The van der Waals surface area contributed by atoms with Gasteiger partial charge in [-0.25, -0.2) is 14.6 Å². The van der Waals surface area contributed by atoms with Crippen molar-refractivity contribution in [2.24, 2.45) is 0 Å². The van der Waals surface area contributed by atoms with Crippen molar-refractivity contribution in [2.45, 2.75) is 19.1 Å². The molecule has 0 fully saturated rings. The predicted octanol–water partition coefficient (Wildman–Crippen LogP) is 3.29. The van der Waals surface area contributed by atoms with Gasteiger partial charge in [0.1, 0.15) is 0 Å². The minimum absolute atomic E-state index is 0.00871. The summed E-state index contributed by atoms with van der Waals surface area (Å²) in [5.74, 6) is 2.32. The number of aromatic nitrogens is 4. The van der Waals surface area contributed by atoms with E-state index in [1.54, 1.807) is 40.2 Å². The van der Waals surface area contributed by atoms with Crippen LogP contribution in [0.4, 0.5) is 5.69 Å². The number of carbonyl (C=O) groups is 1. The van der Waals surface area contributed by atoms with Gasteiger partial charge >= 0.3 is 0 Å². The molecule has 24 heavy (non-hydrogen) atoms. The van der Waals surface area contributed by atoms with Gasteiger partial charge in [-0.3, -0.25) is 4.79 Å². The zero-order valence-corrected chi connectivity index (χ0v) is 14.8. The first-order valence-electron chi connectivity index (χ1n) is 7.45. The van der Waals surface area contributed by atoms with Crippen LogP contribution in [-0.2, 0) is 10.5 Å². The lowest BCUT2D eigenvalue weighted by Crippen LogP contribution is -2.12. The number of rotatable bonds is 7. The second kappa shape index (κ2) is 8.07. The number of hydrogen-bond acceptors (Lipinski definition) is 6. The van der Waals surface area contributed by atoms with Gasteiger partial charge in [0.2, 0.25) is 5.91 Å². The molecule has 1 amide bonds. The van der Waals surface area contributed by atoms with Crippen LogP contribution in [0, 0.1) is 6.92 Å². The van der Waals surface area contributed by atoms with Gasteiger partial charge in [0.05, 0.1) is 22.6 Å². The monoisotopic (exact) mass is 359 g/mol. The first-order chi connectivity index (χ1) is 11.7. The first-order valence-corrected chi connectivity index (χ1v) is 9.49. The average Bonchev–Trinajstić information content (AvgIpc) is 3.24. The molecule has 3 heterocycles. The lowest BCUT2D eigenvalue weighted by Gasteiger charge is -2.06. The average molecular weight is 359 g/mol. The second-order valence-electron chi connectivity index (χ2n) is 5.06. The molecule has 124 valence electrons. The molecule has 3 rings (SSSR count). The molecule has 0 unspecified atom stereocenters. The first kappa shape index (κ1) is 16.7. The van der Waals surface area contributed by atoms with Crippen LogP contribution >= 0.6 is 23.1 Å². The summed E-state index contributed by atoms with van der Waals surface area (Å²) in [6.07, 6.45) is 5.62. The number of nitrogens with one attached hydrogen (secondary N) is 1. The van der Waals surface area contributed by atoms with E-state index in [9.17, 15) is 4.79 Å². The molecule has 0 radical (unpaired) electrons. The summed E-state index contributed by atoms with van der Waals surface area (Å²) in [6, 6.07) is 5.48. The zero-order chi connectivity index (χ0) is 16.8. The Balaban J connectivity index is 1.41. The molecule has 0 aromatic carbocycles. The molecular weight excluding hydrogens is 342 g/mol. The maximum Gasteiger partial charge on any atom is 0.225 e. The molecule has 3 aromatic rings. The van der Waals surface area contributed by atoms with Crippen LogP contribution in [0.2, 0.25) is 0 Å². The SMILES string of the molecule is Cc1nc(CSCCC(=O)Nc2ccc(-n3cccn3)nc2)cs1. The largest absolute Gasteiger partial charge is 0.325 e. The number of aryl methyl sites for hydroxylation is 1. The van der Waals surface area contributed by atoms with E-state index >= 15 is 0 Å². The molecule has 8 heteroatoms. The number of hydrogen-bond donors (Lipinski definition) is 1. The van der Waals surface area contributed by atoms with Gasteiger partial charge < -0.3 is 5.32 Å². The van der Waals surface area contributed by atoms with Gasteiger partial charge in [-0.2, -0.15) is 16.9 Å². The highest BCUT2D eigenvalue weighted by atomic mass is 32.2. The maximum absolute atomic E-state index is 12.0. The van der Waals surface area contributed by atoms with E-state index in [0.29, 0.717) is 17.9 Å². The molecule has 3 aromatic heterocycles. The molecule has 0 atom stereocenters. The van der Waals surface area contributed by atoms with Gasteiger partial charge in [-0.15, -0.1) is 11.3 Å². The number of thioether (sulfide) groups is 1. The van der Waals surface area contributed by atoms with E-state index < -0.39 is 0 Å². The van der Waals surface area contributed by atoms with Gasteiger partial charge in [-0.1, -0.05) is 0 Å².